The van der Waals surface area contributed by atoms with E-state index in [0.29, 0.717) is 13.2 Å². The van der Waals surface area contributed by atoms with E-state index in [0.717, 1.165) is 5.75 Å². The maximum Gasteiger partial charge on any atom is 0.275 e. The van der Waals surface area contributed by atoms with E-state index in [2.05, 4.69) is 43.5 Å². The van der Waals surface area contributed by atoms with Crippen molar-refractivity contribution in [2.75, 3.05) is 33.3 Å². The van der Waals surface area contributed by atoms with E-state index in [1.54, 1.807) is 12.4 Å². The van der Waals surface area contributed by atoms with Gasteiger partial charge in [0.25, 0.3) is 11.8 Å². The van der Waals surface area contributed by atoms with Crippen LogP contribution in [0.2, 0.25) is 0 Å². The summed E-state index contributed by atoms with van der Waals surface area (Å²) in [7, 11) is 1.57. The van der Waals surface area contributed by atoms with Crippen molar-refractivity contribution in [2.24, 2.45) is 0 Å². The summed E-state index contributed by atoms with van der Waals surface area (Å²) in [4.78, 5) is 22.6. The molecule has 0 spiro atoms. The lowest BCUT2D eigenvalue weighted by Gasteiger charge is -2.19. The van der Waals surface area contributed by atoms with Crippen LogP contribution >= 0.6 is 0 Å². The van der Waals surface area contributed by atoms with Crippen molar-refractivity contribution >= 4 is 11.8 Å². The molecular formula is C17H28N3O3+. The molecule has 4 N–H and O–H groups in total. The zero-order valence-electron chi connectivity index (χ0n) is 14.4. The van der Waals surface area contributed by atoms with Crippen molar-refractivity contribution in [2.45, 2.75) is 26.2 Å². The van der Waals surface area contributed by atoms with Gasteiger partial charge in [0.1, 0.15) is 12.4 Å². The first-order valence-corrected chi connectivity index (χ1v) is 7.85. The van der Waals surface area contributed by atoms with E-state index in [4.69, 9.17) is 4.74 Å². The number of benzene rings is 1. The molecule has 0 bridgehead atoms. The minimum absolute atomic E-state index is 0.0974. The molecule has 0 unspecified atom stereocenters. The van der Waals surface area contributed by atoms with Crippen molar-refractivity contribution < 1.29 is 19.6 Å². The average Bonchev–Trinajstić information content (AvgIpc) is 2.51. The smallest absolute Gasteiger partial charge is 0.275 e. The van der Waals surface area contributed by atoms with Gasteiger partial charge in [-0.25, -0.2) is 0 Å². The molecule has 0 saturated heterocycles. The van der Waals surface area contributed by atoms with Crippen LogP contribution in [0.3, 0.4) is 0 Å². The van der Waals surface area contributed by atoms with Crippen LogP contribution in [0.5, 0.6) is 5.75 Å². The first-order valence-electron chi connectivity index (χ1n) is 7.85. The first kappa shape index (κ1) is 19.0. The Hall–Kier alpha value is -2.08. The summed E-state index contributed by atoms with van der Waals surface area (Å²) in [6.45, 7) is 7.83. The van der Waals surface area contributed by atoms with E-state index in [9.17, 15) is 9.59 Å². The summed E-state index contributed by atoms with van der Waals surface area (Å²) in [5.74, 6) is 0.582. The summed E-state index contributed by atoms with van der Waals surface area (Å²) in [6, 6.07) is 8.00. The number of rotatable bonds is 8. The fourth-order valence-corrected chi connectivity index (χ4v) is 1.92. The molecular weight excluding hydrogens is 294 g/mol. The first-order chi connectivity index (χ1) is 10.8. The van der Waals surface area contributed by atoms with Crippen molar-refractivity contribution in [3.8, 4) is 5.75 Å². The number of carbonyl (C=O) groups excluding carboxylic acids is 2. The molecule has 6 heteroatoms. The van der Waals surface area contributed by atoms with E-state index < -0.39 is 0 Å². The van der Waals surface area contributed by atoms with Gasteiger partial charge in [-0.3, -0.25) is 9.59 Å². The van der Waals surface area contributed by atoms with Crippen molar-refractivity contribution in [1.29, 1.82) is 0 Å². The minimum Gasteiger partial charge on any atom is -0.492 e. The van der Waals surface area contributed by atoms with Gasteiger partial charge in [0.15, 0.2) is 13.1 Å². The van der Waals surface area contributed by atoms with Crippen LogP contribution < -0.4 is 20.7 Å². The minimum atomic E-state index is -0.111. The van der Waals surface area contributed by atoms with Crippen LogP contribution in [0.25, 0.3) is 0 Å². The largest absolute Gasteiger partial charge is 0.492 e. The van der Waals surface area contributed by atoms with Gasteiger partial charge >= 0.3 is 0 Å². The molecule has 0 fully saturated rings. The number of hydrogen-bond acceptors (Lipinski definition) is 3. The molecule has 0 saturated carbocycles. The maximum absolute atomic E-state index is 11.5. The lowest BCUT2D eigenvalue weighted by molar-refractivity contribution is -0.633. The fraction of sp³-hybridized carbons (Fsp3) is 0.529. The second-order valence-corrected chi connectivity index (χ2v) is 6.34. The number of quaternary nitrogens is 1. The Labute approximate surface area is 138 Å². The van der Waals surface area contributed by atoms with Gasteiger partial charge in [-0.05, 0) is 23.1 Å². The van der Waals surface area contributed by atoms with Crippen molar-refractivity contribution in [3.63, 3.8) is 0 Å². The molecule has 128 valence electrons. The molecule has 0 aliphatic rings. The SMILES string of the molecule is CNC(=O)C[NH2+]CC(=O)NCCOc1ccc(C(C)(C)C)cc1. The predicted octanol–water partition coefficient (Wildman–Crippen LogP) is -0.211. The third-order valence-electron chi connectivity index (χ3n) is 3.35. The van der Waals surface area contributed by atoms with Gasteiger partial charge in [-0.1, -0.05) is 32.9 Å². The maximum atomic E-state index is 11.5. The predicted molar refractivity (Wildman–Crippen MR) is 89.4 cm³/mol. The summed E-state index contributed by atoms with van der Waals surface area (Å²) in [6.07, 6.45) is 0. The summed E-state index contributed by atoms with van der Waals surface area (Å²) < 4.78 is 5.60. The highest BCUT2D eigenvalue weighted by atomic mass is 16.5. The van der Waals surface area contributed by atoms with Crippen LogP contribution in [0.4, 0.5) is 0 Å². The molecule has 1 aromatic rings. The third kappa shape index (κ3) is 7.65. The van der Waals surface area contributed by atoms with Gasteiger partial charge in [0, 0.05) is 7.05 Å². The molecule has 0 aliphatic heterocycles. The topological polar surface area (TPSA) is 84.0 Å². The highest BCUT2D eigenvalue weighted by Crippen LogP contribution is 2.24. The zero-order chi connectivity index (χ0) is 17.3. The Morgan fingerprint density at radius 3 is 2.26 bits per heavy atom. The monoisotopic (exact) mass is 322 g/mol. The summed E-state index contributed by atoms with van der Waals surface area (Å²) >= 11 is 0. The molecule has 0 atom stereocenters. The van der Waals surface area contributed by atoms with Crippen molar-refractivity contribution in [3.05, 3.63) is 29.8 Å². The Balaban J connectivity index is 2.19. The van der Waals surface area contributed by atoms with Crippen LogP contribution in [0, 0.1) is 0 Å². The summed E-state index contributed by atoms with van der Waals surface area (Å²) in [5, 5.41) is 6.91. The molecule has 1 aromatic carbocycles. The zero-order valence-corrected chi connectivity index (χ0v) is 14.4. The standard InChI is InChI=1S/C17H27N3O3/c1-17(2,3)13-5-7-14(8-6-13)23-10-9-20-16(22)12-19-11-15(21)18-4/h5-8,19H,9-12H2,1-4H3,(H,18,21)(H,20,22)/p+1. The fourth-order valence-electron chi connectivity index (χ4n) is 1.92. The third-order valence-corrected chi connectivity index (χ3v) is 3.35. The lowest BCUT2D eigenvalue weighted by atomic mass is 9.87. The van der Waals surface area contributed by atoms with Gasteiger partial charge in [-0.2, -0.15) is 0 Å². The molecule has 0 aromatic heterocycles. The average molecular weight is 322 g/mol. The van der Waals surface area contributed by atoms with E-state index in [1.165, 1.54) is 5.56 Å². The highest BCUT2D eigenvalue weighted by Gasteiger charge is 2.13. The van der Waals surface area contributed by atoms with Gasteiger partial charge in [0.2, 0.25) is 0 Å². The van der Waals surface area contributed by atoms with E-state index in [1.807, 2.05) is 12.1 Å². The normalized spacial score (nSPS) is 11.0. The summed E-state index contributed by atoms with van der Waals surface area (Å²) in [5.41, 5.74) is 1.38. The molecule has 1 rings (SSSR count). The molecule has 23 heavy (non-hydrogen) atoms. The van der Waals surface area contributed by atoms with Crippen molar-refractivity contribution in [1.82, 2.24) is 10.6 Å². The van der Waals surface area contributed by atoms with Gasteiger partial charge in [-0.15, -0.1) is 0 Å². The van der Waals surface area contributed by atoms with E-state index >= 15 is 0 Å². The van der Waals surface area contributed by atoms with Crippen LogP contribution in [-0.4, -0.2) is 45.1 Å². The Bertz CT molecular complexity index is 507. The molecule has 0 aliphatic carbocycles. The quantitative estimate of drug-likeness (QED) is 0.579. The second-order valence-electron chi connectivity index (χ2n) is 6.34. The molecule has 6 nitrogen and oxygen atoms in total. The molecule has 2 amide bonds. The highest BCUT2D eigenvalue weighted by molar-refractivity contribution is 5.78. The number of nitrogens with one attached hydrogen (secondary N) is 2. The number of ether oxygens (including phenoxy) is 1. The lowest BCUT2D eigenvalue weighted by Crippen LogP contribution is -2.88. The molecule has 0 radical (unpaired) electrons. The number of likely N-dealkylation sites (N-methyl/N-ethyl adjacent to an activating group) is 1. The number of carbonyl (C=O) groups is 2. The number of amides is 2. The molecule has 0 heterocycles. The Kier molecular flexibility index (Phi) is 7.54. The van der Waals surface area contributed by atoms with Gasteiger partial charge < -0.3 is 20.7 Å². The number of hydrogen-bond donors (Lipinski definition) is 3. The second kappa shape index (κ2) is 9.15. The Morgan fingerprint density at radius 2 is 1.70 bits per heavy atom. The van der Waals surface area contributed by atoms with E-state index in [-0.39, 0.29) is 30.3 Å². The van der Waals surface area contributed by atoms with Gasteiger partial charge in [0.05, 0.1) is 6.54 Å². The van der Waals surface area contributed by atoms with Crippen LogP contribution in [0.15, 0.2) is 24.3 Å². The van der Waals surface area contributed by atoms with Crippen LogP contribution in [0.1, 0.15) is 26.3 Å². The Morgan fingerprint density at radius 1 is 1.09 bits per heavy atom. The number of nitrogens with two attached hydrogens (primary N) is 1. The van der Waals surface area contributed by atoms with Crippen LogP contribution in [-0.2, 0) is 15.0 Å².